The summed E-state index contributed by atoms with van der Waals surface area (Å²) in [4.78, 5) is 27.2. The van der Waals surface area contributed by atoms with E-state index in [1.54, 1.807) is 6.92 Å². The minimum atomic E-state index is -0.637. The number of ether oxygens (including phenoxy) is 2. The summed E-state index contributed by atoms with van der Waals surface area (Å²) in [5.74, 6) is 0.475. The average Bonchev–Trinajstić information content (AvgIpc) is 3.22. The third-order valence-electron chi connectivity index (χ3n) is 5.91. The Morgan fingerprint density at radius 1 is 1.23 bits per heavy atom. The molecule has 2 heterocycles. The zero-order chi connectivity index (χ0) is 21.1. The zero-order valence-electron chi connectivity index (χ0n) is 17.8. The van der Waals surface area contributed by atoms with E-state index in [-0.39, 0.29) is 11.5 Å². The van der Waals surface area contributed by atoms with Gasteiger partial charge < -0.3 is 19.2 Å². The van der Waals surface area contributed by atoms with Crippen LogP contribution in [0.3, 0.4) is 0 Å². The molecule has 162 valence electrons. The highest BCUT2D eigenvalue weighted by molar-refractivity contribution is 5.89. The first-order chi connectivity index (χ1) is 14.5. The van der Waals surface area contributed by atoms with Crippen molar-refractivity contribution in [1.29, 1.82) is 0 Å². The van der Waals surface area contributed by atoms with E-state index in [1.165, 1.54) is 0 Å². The Labute approximate surface area is 176 Å². The second-order valence-corrected chi connectivity index (χ2v) is 8.20. The Morgan fingerprint density at radius 2 is 2.00 bits per heavy atom. The van der Waals surface area contributed by atoms with E-state index in [4.69, 9.17) is 13.9 Å². The third-order valence-corrected chi connectivity index (χ3v) is 5.91. The molecular formula is C23H30N2O5. The standard InChI is InChI=1S/C23H30N2O5/c1-15-13-19(21-17-5-3-6-18(17)23(27)30-20(21)14-15)29-16(2)22(26)24-7-4-8-25-9-11-28-12-10-25/h13-14,16H,3-12H2,1-2H3,(H,24,26). The lowest BCUT2D eigenvalue weighted by Crippen LogP contribution is -2.40. The van der Waals surface area contributed by atoms with E-state index in [0.29, 0.717) is 17.9 Å². The Morgan fingerprint density at radius 3 is 2.80 bits per heavy atom. The molecule has 1 aromatic heterocycles. The van der Waals surface area contributed by atoms with Crippen LogP contribution in [0.1, 0.15) is 36.5 Å². The molecular weight excluding hydrogens is 384 g/mol. The lowest BCUT2D eigenvalue weighted by Gasteiger charge is -2.26. The van der Waals surface area contributed by atoms with Gasteiger partial charge in [-0.15, -0.1) is 0 Å². The van der Waals surface area contributed by atoms with Crippen molar-refractivity contribution in [2.75, 3.05) is 39.4 Å². The Hall–Kier alpha value is -2.38. The van der Waals surface area contributed by atoms with Crippen molar-refractivity contribution in [1.82, 2.24) is 10.2 Å². The van der Waals surface area contributed by atoms with Gasteiger partial charge in [-0.2, -0.15) is 0 Å². The quantitative estimate of drug-likeness (QED) is 0.553. The van der Waals surface area contributed by atoms with Crippen LogP contribution >= 0.6 is 0 Å². The number of nitrogens with one attached hydrogen (secondary N) is 1. The lowest BCUT2D eigenvalue weighted by molar-refractivity contribution is -0.127. The molecule has 7 heteroatoms. The number of rotatable bonds is 7. The fraction of sp³-hybridized carbons (Fsp3) is 0.565. The number of benzene rings is 1. The number of morpholine rings is 1. The summed E-state index contributed by atoms with van der Waals surface area (Å²) in [6, 6.07) is 3.78. The first kappa shape index (κ1) is 20.9. The molecule has 1 unspecified atom stereocenters. The predicted molar refractivity (Wildman–Crippen MR) is 114 cm³/mol. The van der Waals surface area contributed by atoms with Crippen molar-refractivity contribution in [3.8, 4) is 5.75 Å². The van der Waals surface area contributed by atoms with E-state index in [1.807, 2.05) is 19.1 Å². The van der Waals surface area contributed by atoms with Crippen LogP contribution in [0.4, 0.5) is 0 Å². The second kappa shape index (κ2) is 9.18. The van der Waals surface area contributed by atoms with Crippen molar-refractivity contribution < 1.29 is 18.7 Å². The second-order valence-electron chi connectivity index (χ2n) is 8.20. The van der Waals surface area contributed by atoms with Crippen molar-refractivity contribution in [2.24, 2.45) is 0 Å². The molecule has 0 radical (unpaired) electrons. The number of carbonyl (C=O) groups excluding carboxylic acids is 1. The van der Waals surface area contributed by atoms with Crippen LogP contribution in [-0.4, -0.2) is 56.3 Å². The Balaban J connectivity index is 1.41. The highest BCUT2D eigenvalue weighted by atomic mass is 16.5. The fourth-order valence-corrected chi connectivity index (χ4v) is 4.32. The summed E-state index contributed by atoms with van der Waals surface area (Å²) in [6.07, 6.45) is 2.76. The average molecular weight is 415 g/mol. The molecule has 1 aromatic carbocycles. The van der Waals surface area contributed by atoms with E-state index in [0.717, 1.165) is 80.6 Å². The van der Waals surface area contributed by atoms with Gasteiger partial charge in [-0.3, -0.25) is 9.69 Å². The third kappa shape index (κ3) is 4.52. The first-order valence-electron chi connectivity index (χ1n) is 10.9. The van der Waals surface area contributed by atoms with Crippen molar-refractivity contribution in [3.05, 3.63) is 39.2 Å². The van der Waals surface area contributed by atoms with Crippen molar-refractivity contribution in [3.63, 3.8) is 0 Å². The number of aryl methyl sites for hydroxylation is 2. The summed E-state index contributed by atoms with van der Waals surface area (Å²) in [7, 11) is 0. The minimum absolute atomic E-state index is 0.138. The number of fused-ring (bicyclic) bond motifs is 3. The van der Waals surface area contributed by atoms with Gasteiger partial charge in [0.2, 0.25) is 0 Å². The van der Waals surface area contributed by atoms with Gasteiger partial charge in [-0.1, -0.05) is 0 Å². The summed E-state index contributed by atoms with van der Waals surface area (Å²) in [5.41, 5.74) is 2.97. The Bertz CT molecular complexity index is 978. The molecule has 1 saturated heterocycles. The van der Waals surface area contributed by atoms with Gasteiger partial charge in [0.15, 0.2) is 6.10 Å². The lowest BCUT2D eigenvalue weighted by atomic mass is 10.0. The van der Waals surface area contributed by atoms with Gasteiger partial charge >= 0.3 is 5.63 Å². The number of hydrogen-bond acceptors (Lipinski definition) is 6. The van der Waals surface area contributed by atoms with Gasteiger partial charge in [0, 0.05) is 25.2 Å². The Kier molecular flexibility index (Phi) is 6.39. The molecule has 0 bridgehead atoms. The van der Waals surface area contributed by atoms with Crippen LogP contribution in [0, 0.1) is 6.92 Å². The molecule has 1 aliphatic heterocycles. The molecule has 1 N–H and O–H groups in total. The highest BCUT2D eigenvalue weighted by Crippen LogP contribution is 2.35. The number of hydrogen-bond donors (Lipinski definition) is 1. The molecule has 1 atom stereocenters. The molecule has 0 saturated carbocycles. The van der Waals surface area contributed by atoms with E-state index < -0.39 is 6.10 Å². The van der Waals surface area contributed by atoms with Crippen LogP contribution < -0.4 is 15.7 Å². The maximum absolute atomic E-state index is 12.6. The van der Waals surface area contributed by atoms with Crippen molar-refractivity contribution >= 4 is 16.9 Å². The largest absolute Gasteiger partial charge is 0.480 e. The van der Waals surface area contributed by atoms with Gasteiger partial charge in [-0.25, -0.2) is 4.79 Å². The SMILES string of the molecule is Cc1cc(OC(C)C(=O)NCCCN2CCOCC2)c2c3c(c(=O)oc2c1)CCC3. The fourth-order valence-electron chi connectivity index (χ4n) is 4.32. The number of nitrogens with zero attached hydrogens (tertiary/aromatic N) is 1. The number of amides is 1. The van der Waals surface area contributed by atoms with Gasteiger partial charge in [0.25, 0.3) is 5.91 Å². The van der Waals surface area contributed by atoms with Crippen molar-refractivity contribution in [2.45, 2.75) is 45.6 Å². The molecule has 1 aliphatic carbocycles. The number of carbonyl (C=O) groups is 1. The van der Waals surface area contributed by atoms with Gasteiger partial charge in [0.1, 0.15) is 11.3 Å². The maximum Gasteiger partial charge on any atom is 0.339 e. The first-order valence-corrected chi connectivity index (χ1v) is 10.9. The normalized spacial score (nSPS) is 17.7. The van der Waals surface area contributed by atoms with E-state index in [9.17, 15) is 9.59 Å². The summed E-state index contributed by atoms with van der Waals surface area (Å²) < 4.78 is 17.0. The zero-order valence-corrected chi connectivity index (χ0v) is 17.8. The molecule has 4 rings (SSSR count). The molecule has 1 fully saturated rings. The maximum atomic E-state index is 12.6. The van der Waals surface area contributed by atoms with E-state index >= 15 is 0 Å². The van der Waals surface area contributed by atoms with Crippen LogP contribution in [0.2, 0.25) is 0 Å². The van der Waals surface area contributed by atoms with Crippen LogP contribution in [0.15, 0.2) is 21.3 Å². The molecule has 30 heavy (non-hydrogen) atoms. The summed E-state index contributed by atoms with van der Waals surface area (Å²) in [5, 5.41) is 3.80. The monoisotopic (exact) mass is 414 g/mol. The van der Waals surface area contributed by atoms with Crippen LogP contribution in [-0.2, 0) is 22.4 Å². The van der Waals surface area contributed by atoms with Gasteiger partial charge in [0.05, 0.1) is 18.6 Å². The minimum Gasteiger partial charge on any atom is -0.480 e. The molecule has 2 aromatic rings. The van der Waals surface area contributed by atoms with E-state index in [2.05, 4.69) is 10.2 Å². The topological polar surface area (TPSA) is 81.0 Å². The predicted octanol–water partition coefficient (Wildman–Crippen LogP) is 2.20. The molecule has 2 aliphatic rings. The van der Waals surface area contributed by atoms with Gasteiger partial charge in [-0.05, 0) is 69.3 Å². The smallest absolute Gasteiger partial charge is 0.339 e. The summed E-state index contributed by atoms with van der Waals surface area (Å²) >= 11 is 0. The van der Waals surface area contributed by atoms with Crippen LogP contribution in [0.25, 0.3) is 11.0 Å². The molecule has 1 amide bonds. The highest BCUT2D eigenvalue weighted by Gasteiger charge is 2.24. The molecule has 7 nitrogen and oxygen atoms in total. The summed E-state index contributed by atoms with van der Waals surface area (Å²) in [6.45, 7) is 8.72. The molecule has 0 spiro atoms. The van der Waals surface area contributed by atoms with Crippen LogP contribution in [0.5, 0.6) is 5.75 Å².